The smallest absolute Gasteiger partial charge is 0.277 e. The zero-order valence-corrected chi connectivity index (χ0v) is 9.10. The van der Waals surface area contributed by atoms with Gasteiger partial charge in [0.05, 0.1) is 0 Å². The number of hydrogen-bond donors (Lipinski definition) is 2. The molecule has 0 spiro atoms. The van der Waals surface area contributed by atoms with Crippen molar-refractivity contribution in [3.63, 3.8) is 0 Å². The van der Waals surface area contributed by atoms with Crippen molar-refractivity contribution in [3.8, 4) is 0 Å². The van der Waals surface area contributed by atoms with Crippen LogP contribution in [0.1, 0.15) is 16.1 Å². The number of hydrogen-bond acceptors (Lipinski definition) is 4. The molecule has 0 aliphatic carbocycles. The molecule has 0 fully saturated rings. The van der Waals surface area contributed by atoms with Gasteiger partial charge in [-0.05, 0) is 24.6 Å². The summed E-state index contributed by atoms with van der Waals surface area (Å²) < 4.78 is 0. The Morgan fingerprint density at radius 2 is 2.12 bits per heavy atom. The summed E-state index contributed by atoms with van der Waals surface area (Å²) >= 11 is 0. The maximum atomic E-state index is 11.7. The fraction of sp³-hybridized carbons (Fsp3) is 0.0909. The zero-order valence-electron chi connectivity index (χ0n) is 9.10. The van der Waals surface area contributed by atoms with E-state index in [1.54, 1.807) is 12.3 Å². The van der Waals surface area contributed by atoms with E-state index in [0.29, 0.717) is 5.82 Å². The first-order valence-corrected chi connectivity index (χ1v) is 4.95. The van der Waals surface area contributed by atoms with Gasteiger partial charge in [0.1, 0.15) is 11.5 Å². The third kappa shape index (κ3) is 2.75. The van der Waals surface area contributed by atoms with Crippen LogP contribution < -0.4 is 10.9 Å². The van der Waals surface area contributed by atoms with E-state index in [2.05, 4.69) is 20.5 Å². The maximum absolute atomic E-state index is 11.7. The van der Waals surface area contributed by atoms with E-state index in [1.165, 1.54) is 12.1 Å². The van der Waals surface area contributed by atoms with Crippen LogP contribution in [0.2, 0.25) is 0 Å². The second-order valence-corrected chi connectivity index (χ2v) is 3.48. The van der Waals surface area contributed by atoms with Crippen LogP contribution in [0.4, 0.5) is 5.82 Å². The van der Waals surface area contributed by atoms with Crippen molar-refractivity contribution in [2.24, 2.45) is 0 Å². The number of aromatic amines is 1. The molecular formula is C11H10N4O2. The molecule has 17 heavy (non-hydrogen) atoms. The molecule has 1 amide bonds. The van der Waals surface area contributed by atoms with Crippen molar-refractivity contribution in [1.82, 2.24) is 15.2 Å². The molecule has 86 valence electrons. The molecule has 2 N–H and O–H groups in total. The zero-order chi connectivity index (χ0) is 12.3. The van der Waals surface area contributed by atoms with Crippen LogP contribution in [0.3, 0.4) is 0 Å². The molecule has 6 nitrogen and oxygen atoms in total. The third-order valence-electron chi connectivity index (χ3n) is 2.06. The van der Waals surface area contributed by atoms with E-state index >= 15 is 0 Å². The first-order valence-electron chi connectivity index (χ1n) is 4.95. The topological polar surface area (TPSA) is 87.7 Å². The molecule has 0 unspecified atom stereocenters. The number of carbonyl (C=O) groups excluding carboxylic acids is 1. The lowest BCUT2D eigenvalue weighted by atomic mass is 10.3. The summed E-state index contributed by atoms with van der Waals surface area (Å²) in [4.78, 5) is 26.5. The number of H-pyrrole nitrogens is 1. The van der Waals surface area contributed by atoms with Gasteiger partial charge < -0.3 is 5.32 Å². The minimum atomic E-state index is -0.419. The van der Waals surface area contributed by atoms with Crippen molar-refractivity contribution in [2.45, 2.75) is 6.92 Å². The molecule has 0 atom stereocenters. The Bertz CT molecular complexity index is 569. The Morgan fingerprint density at radius 3 is 2.71 bits per heavy atom. The molecule has 0 radical (unpaired) electrons. The van der Waals surface area contributed by atoms with Gasteiger partial charge in [-0.25, -0.2) is 10.1 Å². The lowest BCUT2D eigenvalue weighted by Crippen LogP contribution is -2.18. The first kappa shape index (κ1) is 11.0. The average molecular weight is 230 g/mol. The van der Waals surface area contributed by atoms with Gasteiger partial charge in [0, 0.05) is 12.3 Å². The monoisotopic (exact) mass is 230 g/mol. The number of nitrogens with one attached hydrogen (secondary N) is 2. The summed E-state index contributed by atoms with van der Waals surface area (Å²) in [6.07, 6.45) is 1.65. The molecular weight excluding hydrogens is 220 g/mol. The quantitative estimate of drug-likeness (QED) is 0.795. The highest BCUT2D eigenvalue weighted by Gasteiger charge is 2.07. The van der Waals surface area contributed by atoms with E-state index in [4.69, 9.17) is 0 Å². The third-order valence-corrected chi connectivity index (χ3v) is 2.06. The number of aryl methyl sites for hydroxylation is 1. The largest absolute Gasteiger partial charge is 0.305 e. The van der Waals surface area contributed by atoms with Crippen LogP contribution in [0.15, 0.2) is 35.3 Å². The molecule has 0 saturated carbocycles. The molecule has 0 saturated heterocycles. The minimum Gasteiger partial charge on any atom is -0.305 e. The van der Waals surface area contributed by atoms with E-state index < -0.39 is 5.91 Å². The number of anilines is 1. The molecule has 2 rings (SSSR count). The number of nitrogens with zero attached hydrogens (tertiary/aromatic N) is 2. The summed E-state index contributed by atoms with van der Waals surface area (Å²) in [6.45, 7) is 1.90. The fourth-order valence-electron chi connectivity index (χ4n) is 1.19. The maximum Gasteiger partial charge on any atom is 0.277 e. The van der Waals surface area contributed by atoms with Crippen LogP contribution >= 0.6 is 0 Å². The fourth-order valence-corrected chi connectivity index (χ4v) is 1.19. The lowest BCUT2D eigenvalue weighted by Gasteiger charge is -2.03. The second-order valence-electron chi connectivity index (χ2n) is 3.48. The van der Waals surface area contributed by atoms with Crippen molar-refractivity contribution in [3.05, 3.63) is 52.1 Å². The van der Waals surface area contributed by atoms with Crippen molar-refractivity contribution in [2.75, 3.05) is 5.32 Å². The summed E-state index contributed by atoms with van der Waals surface area (Å²) in [5.41, 5.74) is 0.784. The summed E-state index contributed by atoms with van der Waals surface area (Å²) in [5.74, 6) is 0.0196. The van der Waals surface area contributed by atoms with Gasteiger partial charge in [-0.3, -0.25) is 9.59 Å². The van der Waals surface area contributed by atoms with Crippen molar-refractivity contribution < 1.29 is 4.79 Å². The number of pyridine rings is 1. The lowest BCUT2D eigenvalue weighted by molar-refractivity contribution is 0.102. The van der Waals surface area contributed by atoms with E-state index in [0.717, 1.165) is 5.56 Å². The second kappa shape index (κ2) is 4.56. The van der Waals surface area contributed by atoms with E-state index in [-0.39, 0.29) is 11.3 Å². The van der Waals surface area contributed by atoms with Gasteiger partial charge >= 0.3 is 0 Å². The Labute approximate surface area is 96.7 Å². The highest BCUT2D eigenvalue weighted by molar-refractivity contribution is 6.02. The predicted octanol–water partition coefficient (Wildman–Crippen LogP) is 0.726. The number of amides is 1. The Morgan fingerprint density at radius 1 is 1.29 bits per heavy atom. The molecule has 0 aliphatic rings. The van der Waals surface area contributed by atoms with E-state index in [1.807, 2.05) is 13.0 Å². The SMILES string of the molecule is Cc1ccc(NC(=O)c2ccc(=O)[nH]n2)nc1. The Balaban J connectivity index is 2.14. The standard InChI is InChI=1S/C11H10N4O2/c1-7-2-4-9(12-6-7)13-11(17)8-3-5-10(16)15-14-8/h2-6H,1H3,(H,15,16)(H,12,13,17). The Kier molecular flexibility index (Phi) is 2.95. The van der Waals surface area contributed by atoms with Gasteiger partial charge in [0.2, 0.25) is 0 Å². The molecule has 0 bridgehead atoms. The number of carbonyl (C=O) groups is 1. The Hall–Kier alpha value is -2.50. The molecule has 2 aromatic heterocycles. The summed E-state index contributed by atoms with van der Waals surface area (Å²) in [7, 11) is 0. The molecule has 2 aromatic rings. The highest BCUT2D eigenvalue weighted by atomic mass is 16.2. The van der Waals surface area contributed by atoms with Gasteiger partial charge in [-0.1, -0.05) is 6.07 Å². The summed E-state index contributed by atoms with van der Waals surface area (Å²) in [5, 5.41) is 8.37. The van der Waals surface area contributed by atoms with Crippen LogP contribution in [-0.4, -0.2) is 21.1 Å². The summed E-state index contributed by atoms with van der Waals surface area (Å²) in [6, 6.07) is 6.12. The van der Waals surface area contributed by atoms with Crippen LogP contribution in [0, 0.1) is 6.92 Å². The predicted molar refractivity (Wildman–Crippen MR) is 61.8 cm³/mol. The van der Waals surface area contributed by atoms with Crippen LogP contribution in [0.5, 0.6) is 0 Å². The van der Waals surface area contributed by atoms with E-state index in [9.17, 15) is 9.59 Å². The van der Waals surface area contributed by atoms with Gasteiger partial charge in [-0.15, -0.1) is 0 Å². The molecule has 0 aromatic carbocycles. The van der Waals surface area contributed by atoms with Crippen molar-refractivity contribution >= 4 is 11.7 Å². The molecule has 2 heterocycles. The number of rotatable bonds is 2. The van der Waals surface area contributed by atoms with Gasteiger partial charge in [-0.2, -0.15) is 5.10 Å². The van der Waals surface area contributed by atoms with Gasteiger partial charge in [0.15, 0.2) is 0 Å². The van der Waals surface area contributed by atoms with Gasteiger partial charge in [0.25, 0.3) is 11.5 Å². The normalized spacial score (nSPS) is 9.94. The minimum absolute atomic E-state index is 0.131. The van der Waals surface area contributed by atoms with Crippen LogP contribution in [0.25, 0.3) is 0 Å². The van der Waals surface area contributed by atoms with Crippen LogP contribution in [-0.2, 0) is 0 Å². The average Bonchev–Trinajstić information content (AvgIpc) is 2.33. The highest BCUT2D eigenvalue weighted by Crippen LogP contribution is 2.05. The first-order chi connectivity index (χ1) is 8.15. The van der Waals surface area contributed by atoms with Crippen molar-refractivity contribution in [1.29, 1.82) is 0 Å². The molecule has 0 aliphatic heterocycles. The number of aromatic nitrogens is 3. The molecule has 6 heteroatoms.